The van der Waals surface area contributed by atoms with E-state index in [0.717, 1.165) is 11.1 Å². The summed E-state index contributed by atoms with van der Waals surface area (Å²) in [5, 5.41) is 0. The van der Waals surface area contributed by atoms with Crippen LogP contribution in [0.5, 0.6) is 0 Å². The second kappa shape index (κ2) is 3.88. The Kier molecular flexibility index (Phi) is 2.57. The molecule has 1 aromatic heterocycles. The van der Waals surface area contributed by atoms with Crippen LogP contribution in [0.1, 0.15) is 5.56 Å². The van der Waals surface area contributed by atoms with Crippen molar-refractivity contribution >= 4 is 11.1 Å². The van der Waals surface area contributed by atoms with E-state index >= 15 is 0 Å². The molecule has 2 N–H and O–H groups in total. The molecule has 5 nitrogen and oxygen atoms in total. The van der Waals surface area contributed by atoms with Crippen LogP contribution in [-0.4, -0.2) is 11.7 Å². The van der Waals surface area contributed by atoms with E-state index in [2.05, 4.69) is 0 Å². The molecule has 0 amide bonds. The minimum absolute atomic E-state index is 0.188. The summed E-state index contributed by atoms with van der Waals surface area (Å²) in [6.07, 6.45) is 0. The summed E-state index contributed by atoms with van der Waals surface area (Å²) in [6.45, 7) is 0.614. The summed E-state index contributed by atoms with van der Waals surface area (Å²) >= 11 is 0. The monoisotopic (exact) mass is 208 g/mol. The summed E-state index contributed by atoms with van der Waals surface area (Å²) in [7, 11) is 1.53. The highest BCUT2D eigenvalue weighted by atomic mass is 16.5. The molecule has 1 aromatic carbocycles. The molecule has 0 aliphatic rings. The van der Waals surface area contributed by atoms with Gasteiger partial charge in [0.1, 0.15) is 6.73 Å². The Morgan fingerprint density at radius 3 is 3.00 bits per heavy atom. The number of fused-ring (bicyclic) bond motifs is 1. The summed E-state index contributed by atoms with van der Waals surface area (Å²) in [5.74, 6) is -0.416. The van der Waals surface area contributed by atoms with Crippen molar-refractivity contribution in [3.8, 4) is 0 Å². The molecule has 80 valence electrons. The lowest BCUT2D eigenvalue weighted by atomic mass is 10.2. The predicted octanol–water partition coefficient (Wildman–Crippen LogP) is 0.657. The fourth-order valence-electron chi connectivity index (χ4n) is 1.49. The lowest BCUT2D eigenvalue weighted by molar-refractivity contribution is 0.128. The van der Waals surface area contributed by atoms with Crippen LogP contribution < -0.4 is 11.5 Å². The minimum Gasteiger partial charge on any atom is -0.408 e. The van der Waals surface area contributed by atoms with Crippen LogP contribution in [0.3, 0.4) is 0 Å². The van der Waals surface area contributed by atoms with E-state index in [9.17, 15) is 4.79 Å². The van der Waals surface area contributed by atoms with Gasteiger partial charge in [-0.3, -0.25) is 0 Å². The van der Waals surface area contributed by atoms with Gasteiger partial charge in [0.15, 0.2) is 5.58 Å². The molecule has 0 aliphatic heterocycles. The van der Waals surface area contributed by atoms with Crippen LogP contribution >= 0.6 is 0 Å². The number of benzene rings is 1. The van der Waals surface area contributed by atoms with Gasteiger partial charge in [-0.25, -0.2) is 9.36 Å². The van der Waals surface area contributed by atoms with Crippen molar-refractivity contribution < 1.29 is 9.15 Å². The molecule has 0 fully saturated rings. The molecule has 0 bridgehead atoms. The van der Waals surface area contributed by atoms with Crippen LogP contribution in [0.25, 0.3) is 11.1 Å². The molecule has 0 saturated heterocycles. The van der Waals surface area contributed by atoms with E-state index in [4.69, 9.17) is 14.9 Å². The Morgan fingerprint density at radius 2 is 2.33 bits per heavy atom. The third-order valence-electron chi connectivity index (χ3n) is 2.23. The highest BCUT2D eigenvalue weighted by Crippen LogP contribution is 2.14. The molecule has 1 heterocycles. The SMILES string of the molecule is COCn1c(=O)oc2cc(CN)ccc21. The summed E-state index contributed by atoms with van der Waals surface area (Å²) in [4.78, 5) is 11.4. The maximum Gasteiger partial charge on any atom is 0.421 e. The Morgan fingerprint density at radius 1 is 1.53 bits per heavy atom. The molecule has 0 spiro atoms. The largest absolute Gasteiger partial charge is 0.421 e. The first-order valence-corrected chi connectivity index (χ1v) is 4.57. The summed E-state index contributed by atoms with van der Waals surface area (Å²) < 4.78 is 11.4. The van der Waals surface area contributed by atoms with Crippen molar-refractivity contribution in [2.75, 3.05) is 7.11 Å². The molecular formula is C10H12N2O3. The maximum absolute atomic E-state index is 11.4. The quantitative estimate of drug-likeness (QED) is 0.804. The van der Waals surface area contributed by atoms with Gasteiger partial charge >= 0.3 is 5.76 Å². The average Bonchev–Trinajstić information content (AvgIpc) is 2.55. The van der Waals surface area contributed by atoms with Crippen LogP contribution in [-0.2, 0) is 18.0 Å². The first kappa shape index (κ1) is 9.95. The van der Waals surface area contributed by atoms with Crippen molar-refractivity contribution in [2.45, 2.75) is 13.3 Å². The van der Waals surface area contributed by atoms with E-state index in [1.165, 1.54) is 11.7 Å². The highest BCUT2D eigenvalue weighted by molar-refractivity contribution is 5.73. The smallest absolute Gasteiger partial charge is 0.408 e. The van der Waals surface area contributed by atoms with Gasteiger partial charge in [0.05, 0.1) is 5.52 Å². The lowest BCUT2D eigenvalue weighted by Gasteiger charge is -1.99. The lowest BCUT2D eigenvalue weighted by Crippen LogP contribution is -2.14. The second-order valence-corrected chi connectivity index (χ2v) is 3.22. The van der Waals surface area contributed by atoms with Crippen molar-refractivity contribution in [1.82, 2.24) is 4.57 Å². The predicted molar refractivity (Wildman–Crippen MR) is 55.4 cm³/mol. The number of hydrogen-bond donors (Lipinski definition) is 1. The van der Waals surface area contributed by atoms with Gasteiger partial charge in [0.25, 0.3) is 0 Å². The maximum atomic E-state index is 11.4. The molecule has 15 heavy (non-hydrogen) atoms. The molecule has 0 radical (unpaired) electrons. The van der Waals surface area contributed by atoms with Gasteiger partial charge in [0.2, 0.25) is 0 Å². The van der Waals surface area contributed by atoms with E-state index in [1.54, 1.807) is 12.1 Å². The fourth-order valence-corrected chi connectivity index (χ4v) is 1.49. The van der Waals surface area contributed by atoms with Crippen molar-refractivity contribution in [3.05, 3.63) is 34.3 Å². The normalized spacial score (nSPS) is 11.1. The molecule has 2 rings (SSSR count). The van der Waals surface area contributed by atoms with E-state index in [-0.39, 0.29) is 6.73 Å². The fraction of sp³-hybridized carbons (Fsp3) is 0.300. The van der Waals surface area contributed by atoms with E-state index < -0.39 is 5.76 Å². The second-order valence-electron chi connectivity index (χ2n) is 3.22. The zero-order valence-electron chi connectivity index (χ0n) is 8.40. The van der Waals surface area contributed by atoms with Crippen molar-refractivity contribution in [1.29, 1.82) is 0 Å². The van der Waals surface area contributed by atoms with Crippen LogP contribution in [0.4, 0.5) is 0 Å². The number of hydrogen-bond acceptors (Lipinski definition) is 4. The zero-order valence-corrected chi connectivity index (χ0v) is 8.40. The molecular weight excluding hydrogens is 196 g/mol. The standard InChI is InChI=1S/C10H12N2O3/c1-14-6-12-8-3-2-7(5-11)4-9(8)15-10(12)13/h2-4H,5-6,11H2,1H3. The molecule has 0 atom stereocenters. The topological polar surface area (TPSA) is 70.4 Å². The van der Waals surface area contributed by atoms with Crippen molar-refractivity contribution in [3.63, 3.8) is 0 Å². The highest BCUT2D eigenvalue weighted by Gasteiger charge is 2.08. The number of nitrogens with zero attached hydrogens (tertiary/aromatic N) is 1. The Bertz CT molecular complexity index is 527. The zero-order chi connectivity index (χ0) is 10.8. The summed E-state index contributed by atoms with van der Waals surface area (Å²) in [5.41, 5.74) is 7.69. The van der Waals surface area contributed by atoms with E-state index in [0.29, 0.717) is 12.1 Å². The number of methoxy groups -OCH3 is 1. The third kappa shape index (κ3) is 1.67. The minimum atomic E-state index is -0.416. The molecule has 2 aromatic rings. The Balaban J connectivity index is 2.63. The number of ether oxygens (including phenoxy) is 1. The van der Waals surface area contributed by atoms with Gasteiger partial charge in [0, 0.05) is 13.7 Å². The first-order chi connectivity index (χ1) is 7.26. The van der Waals surface area contributed by atoms with Crippen LogP contribution in [0.2, 0.25) is 0 Å². The third-order valence-corrected chi connectivity index (χ3v) is 2.23. The van der Waals surface area contributed by atoms with E-state index in [1.807, 2.05) is 6.07 Å². The van der Waals surface area contributed by atoms with Crippen LogP contribution in [0.15, 0.2) is 27.4 Å². The number of oxazole rings is 1. The summed E-state index contributed by atoms with van der Waals surface area (Å²) in [6, 6.07) is 5.44. The number of nitrogens with two attached hydrogens (primary N) is 1. The molecule has 5 heteroatoms. The van der Waals surface area contributed by atoms with Crippen LogP contribution in [0, 0.1) is 0 Å². The average molecular weight is 208 g/mol. The Hall–Kier alpha value is -1.59. The number of rotatable bonds is 3. The first-order valence-electron chi connectivity index (χ1n) is 4.57. The number of aromatic nitrogens is 1. The van der Waals surface area contributed by atoms with Gasteiger partial charge in [-0.2, -0.15) is 0 Å². The van der Waals surface area contributed by atoms with Gasteiger partial charge < -0.3 is 14.9 Å². The molecule has 0 aliphatic carbocycles. The Labute approximate surface area is 86.0 Å². The van der Waals surface area contributed by atoms with Gasteiger partial charge in [-0.1, -0.05) is 6.07 Å². The van der Waals surface area contributed by atoms with Gasteiger partial charge in [-0.15, -0.1) is 0 Å². The molecule has 0 saturated carbocycles. The van der Waals surface area contributed by atoms with Crippen molar-refractivity contribution in [2.24, 2.45) is 5.73 Å². The van der Waals surface area contributed by atoms with Gasteiger partial charge in [-0.05, 0) is 17.7 Å². The molecule has 0 unspecified atom stereocenters.